The Morgan fingerprint density at radius 1 is 1.37 bits per heavy atom. The second kappa shape index (κ2) is 6.85. The van der Waals surface area contributed by atoms with E-state index in [-0.39, 0.29) is 11.8 Å². The van der Waals surface area contributed by atoms with Gasteiger partial charge in [0.1, 0.15) is 5.78 Å². The Bertz CT molecular complexity index is 401. The molecule has 1 heterocycles. The van der Waals surface area contributed by atoms with E-state index in [0.717, 1.165) is 38.9 Å². The molecular weight excluding hydrogens is 234 g/mol. The van der Waals surface area contributed by atoms with Gasteiger partial charge < -0.3 is 0 Å². The van der Waals surface area contributed by atoms with Gasteiger partial charge in [-0.25, -0.2) is 0 Å². The molecule has 1 saturated heterocycles. The van der Waals surface area contributed by atoms with Gasteiger partial charge in [0.05, 0.1) is 0 Å². The van der Waals surface area contributed by atoms with Crippen molar-refractivity contribution in [3.63, 3.8) is 0 Å². The summed E-state index contributed by atoms with van der Waals surface area (Å²) in [5.74, 6) is 0.995. The Kier molecular flexibility index (Phi) is 5.15. The fraction of sp³-hybridized carbons (Fsp3) is 0.588. The fourth-order valence-corrected chi connectivity index (χ4v) is 3.03. The topological polar surface area (TPSA) is 20.3 Å². The highest BCUT2D eigenvalue weighted by Gasteiger charge is 2.30. The molecular formula is C17H25NO. The van der Waals surface area contributed by atoms with Crippen molar-refractivity contribution in [3.05, 3.63) is 35.9 Å². The van der Waals surface area contributed by atoms with Crippen LogP contribution >= 0.6 is 0 Å². The molecule has 1 aliphatic heterocycles. The quantitative estimate of drug-likeness (QED) is 0.779. The van der Waals surface area contributed by atoms with Gasteiger partial charge in [0, 0.05) is 24.9 Å². The van der Waals surface area contributed by atoms with E-state index in [2.05, 4.69) is 43.0 Å². The van der Waals surface area contributed by atoms with E-state index in [4.69, 9.17) is 0 Å². The fourth-order valence-electron chi connectivity index (χ4n) is 3.03. The first-order valence-electron chi connectivity index (χ1n) is 7.50. The van der Waals surface area contributed by atoms with Crippen molar-refractivity contribution in [1.82, 2.24) is 4.90 Å². The molecule has 0 N–H and O–H groups in total. The smallest absolute Gasteiger partial charge is 0.140 e. The van der Waals surface area contributed by atoms with Gasteiger partial charge in [-0.3, -0.25) is 9.69 Å². The maximum absolute atomic E-state index is 12.3. The van der Waals surface area contributed by atoms with Gasteiger partial charge in [0.25, 0.3) is 0 Å². The third-order valence-corrected chi connectivity index (χ3v) is 4.13. The molecule has 0 aromatic heterocycles. The highest BCUT2D eigenvalue weighted by atomic mass is 16.1. The first kappa shape index (κ1) is 14.3. The van der Waals surface area contributed by atoms with Crippen molar-refractivity contribution in [2.45, 2.75) is 39.7 Å². The molecule has 1 aliphatic rings. The van der Waals surface area contributed by atoms with Gasteiger partial charge in [-0.1, -0.05) is 50.6 Å². The van der Waals surface area contributed by atoms with Gasteiger partial charge in [0.15, 0.2) is 0 Å². The second-order valence-corrected chi connectivity index (χ2v) is 5.80. The number of rotatable bonds is 6. The van der Waals surface area contributed by atoms with Crippen molar-refractivity contribution < 1.29 is 4.79 Å². The Morgan fingerprint density at radius 3 is 2.79 bits per heavy atom. The third-order valence-electron chi connectivity index (χ3n) is 4.13. The minimum Gasteiger partial charge on any atom is -0.299 e. The Labute approximate surface area is 116 Å². The van der Waals surface area contributed by atoms with E-state index >= 15 is 0 Å². The molecule has 2 atom stereocenters. The van der Waals surface area contributed by atoms with Gasteiger partial charge in [0.2, 0.25) is 0 Å². The van der Waals surface area contributed by atoms with Crippen LogP contribution in [0.15, 0.2) is 30.3 Å². The maximum Gasteiger partial charge on any atom is 0.140 e. The molecule has 1 fully saturated rings. The summed E-state index contributed by atoms with van der Waals surface area (Å²) in [5.41, 5.74) is 1.34. The average molecular weight is 259 g/mol. The van der Waals surface area contributed by atoms with E-state index < -0.39 is 0 Å². The molecule has 0 bridgehead atoms. The summed E-state index contributed by atoms with van der Waals surface area (Å²) in [7, 11) is 0. The van der Waals surface area contributed by atoms with Crippen LogP contribution in [0.5, 0.6) is 0 Å². The van der Waals surface area contributed by atoms with E-state index in [1.54, 1.807) is 0 Å². The third kappa shape index (κ3) is 3.90. The molecule has 19 heavy (non-hydrogen) atoms. The monoisotopic (exact) mass is 259 g/mol. The first-order chi connectivity index (χ1) is 9.20. The van der Waals surface area contributed by atoms with Gasteiger partial charge in [-0.15, -0.1) is 0 Å². The Hall–Kier alpha value is -1.15. The number of hydrogen-bond donors (Lipinski definition) is 0. The zero-order valence-electron chi connectivity index (χ0n) is 12.1. The summed E-state index contributed by atoms with van der Waals surface area (Å²) >= 11 is 0. The maximum atomic E-state index is 12.3. The Morgan fingerprint density at radius 2 is 2.11 bits per heavy atom. The molecule has 1 aromatic carbocycles. The molecule has 0 saturated carbocycles. The van der Waals surface area contributed by atoms with Crippen LogP contribution in [0.1, 0.15) is 38.7 Å². The van der Waals surface area contributed by atoms with Crippen LogP contribution in [0.4, 0.5) is 0 Å². The van der Waals surface area contributed by atoms with Crippen LogP contribution < -0.4 is 0 Å². The summed E-state index contributed by atoms with van der Waals surface area (Å²) in [5, 5.41) is 0. The molecule has 1 unspecified atom stereocenters. The standard InChI is InChI=1S/C17H25NO/c1-3-7-14(2)17(19)16-10-11-18(13-16)12-15-8-5-4-6-9-15/h4-6,8-9,14,16H,3,7,10-13H2,1-2H3/t14?,16-/m1/s1. The van der Waals surface area contributed by atoms with Crippen LogP contribution in [-0.4, -0.2) is 23.8 Å². The van der Waals surface area contributed by atoms with Crippen LogP contribution in [0.25, 0.3) is 0 Å². The highest BCUT2D eigenvalue weighted by molar-refractivity contribution is 5.83. The molecule has 1 aromatic rings. The molecule has 2 rings (SSSR count). The molecule has 2 heteroatoms. The summed E-state index contributed by atoms with van der Waals surface area (Å²) < 4.78 is 0. The number of Topliss-reactive ketones (excluding diaryl/α,β-unsaturated/α-hetero) is 1. The normalized spacial score (nSPS) is 21.5. The molecule has 0 aliphatic carbocycles. The van der Waals surface area contributed by atoms with E-state index in [1.807, 2.05) is 6.07 Å². The van der Waals surface area contributed by atoms with Crippen LogP contribution in [0.3, 0.4) is 0 Å². The van der Waals surface area contributed by atoms with Crippen LogP contribution in [-0.2, 0) is 11.3 Å². The first-order valence-corrected chi connectivity index (χ1v) is 7.50. The lowest BCUT2D eigenvalue weighted by atomic mass is 9.90. The van der Waals surface area contributed by atoms with Gasteiger partial charge in [-0.05, 0) is 24.9 Å². The minimum atomic E-state index is 0.242. The zero-order chi connectivity index (χ0) is 13.7. The number of nitrogens with zero attached hydrogens (tertiary/aromatic N) is 1. The Balaban J connectivity index is 1.84. The van der Waals surface area contributed by atoms with E-state index in [1.165, 1.54) is 5.56 Å². The molecule has 0 spiro atoms. The van der Waals surface area contributed by atoms with Crippen LogP contribution in [0.2, 0.25) is 0 Å². The van der Waals surface area contributed by atoms with E-state index in [0.29, 0.717) is 5.78 Å². The number of benzene rings is 1. The number of carbonyl (C=O) groups is 1. The number of ketones is 1. The van der Waals surface area contributed by atoms with Crippen molar-refractivity contribution in [2.75, 3.05) is 13.1 Å². The predicted octanol–water partition coefficient (Wildman–Crippen LogP) is 3.51. The van der Waals surface area contributed by atoms with Crippen molar-refractivity contribution in [1.29, 1.82) is 0 Å². The predicted molar refractivity (Wildman–Crippen MR) is 78.9 cm³/mol. The van der Waals surface area contributed by atoms with Gasteiger partial charge >= 0.3 is 0 Å². The summed E-state index contributed by atoms with van der Waals surface area (Å²) in [4.78, 5) is 14.7. The van der Waals surface area contributed by atoms with Crippen molar-refractivity contribution in [2.24, 2.45) is 11.8 Å². The van der Waals surface area contributed by atoms with Crippen molar-refractivity contribution in [3.8, 4) is 0 Å². The molecule has 2 nitrogen and oxygen atoms in total. The zero-order valence-corrected chi connectivity index (χ0v) is 12.1. The summed E-state index contributed by atoms with van der Waals surface area (Å²) in [6, 6.07) is 10.5. The number of hydrogen-bond acceptors (Lipinski definition) is 2. The summed E-state index contributed by atoms with van der Waals surface area (Å²) in [6.45, 7) is 7.23. The molecule has 104 valence electrons. The summed E-state index contributed by atoms with van der Waals surface area (Å²) in [6.07, 6.45) is 3.18. The molecule has 0 amide bonds. The molecule has 0 radical (unpaired) electrons. The minimum absolute atomic E-state index is 0.242. The largest absolute Gasteiger partial charge is 0.299 e. The van der Waals surface area contributed by atoms with E-state index in [9.17, 15) is 4.79 Å². The lowest BCUT2D eigenvalue weighted by molar-refractivity contribution is -0.126. The average Bonchev–Trinajstić information content (AvgIpc) is 2.88. The van der Waals surface area contributed by atoms with Crippen LogP contribution in [0, 0.1) is 11.8 Å². The lowest BCUT2D eigenvalue weighted by Crippen LogP contribution is -2.26. The van der Waals surface area contributed by atoms with Gasteiger partial charge in [-0.2, -0.15) is 0 Å². The van der Waals surface area contributed by atoms with Crippen molar-refractivity contribution >= 4 is 5.78 Å². The number of likely N-dealkylation sites (tertiary alicyclic amines) is 1. The lowest BCUT2D eigenvalue weighted by Gasteiger charge is -2.17. The highest BCUT2D eigenvalue weighted by Crippen LogP contribution is 2.23. The SMILES string of the molecule is CCCC(C)C(=O)[C@@H]1CCN(Cc2ccccc2)C1. The second-order valence-electron chi connectivity index (χ2n) is 5.80. The number of carbonyl (C=O) groups excluding carboxylic acids is 1.